The SMILES string of the molecule is COc1cc(OC)cc(C(C#N)=Cc2ccc(O)cc2)c1. The van der Waals surface area contributed by atoms with E-state index in [9.17, 15) is 10.4 Å². The molecule has 0 saturated carbocycles. The van der Waals surface area contributed by atoms with Crippen LogP contribution >= 0.6 is 0 Å². The van der Waals surface area contributed by atoms with Gasteiger partial charge in [-0.3, -0.25) is 0 Å². The highest BCUT2D eigenvalue weighted by Crippen LogP contribution is 2.28. The van der Waals surface area contributed by atoms with E-state index in [0.717, 1.165) is 5.56 Å². The number of hydrogen-bond acceptors (Lipinski definition) is 4. The molecule has 0 aliphatic heterocycles. The van der Waals surface area contributed by atoms with Crippen molar-refractivity contribution < 1.29 is 14.6 Å². The van der Waals surface area contributed by atoms with Crippen LogP contribution in [0.1, 0.15) is 11.1 Å². The van der Waals surface area contributed by atoms with Crippen LogP contribution in [0.2, 0.25) is 0 Å². The first-order chi connectivity index (χ1) is 10.2. The van der Waals surface area contributed by atoms with Gasteiger partial charge in [-0.25, -0.2) is 0 Å². The minimum atomic E-state index is 0.189. The predicted molar refractivity (Wildman–Crippen MR) is 81.1 cm³/mol. The van der Waals surface area contributed by atoms with Gasteiger partial charge in [0.2, 0.25) is 0 Å². The Bertz CT molecular complexity index is 675. The molecule has 1 N–H and O–H groups in total. The maximum atomic E-state index is 9.37. The predicted octanol–water partition coefficient (Wildman–Crippen LogP) is 3.47. The lowest BCUT2D eigenvalue weighted by molar-refractivity contribution is 0.394. The Morgan fingerprint density at radius 3 is 2.10 bits per heavy atom. The number of aromatic hydroxyl groups is 1. The third kappa shape index (κ3) is 3.54. The first-order valence-electron chi connectivity index (χ1n) is 6.30. The first kappa shape index (κ1) is 14.5. The summed E-state index contributed by atoms with van der Waals surface area (Å²) < 4.78 is 10.4. The van der Waals surface area contributed by atoms with Gasteiger partial charge < -0.3 is 14.6 Å². The van der Waals surface area contributed by atoms with Gasteiger partial charge in [-0.15, -0.1) is 0 Å². The van der Waals surface area contributed by atoms with Crippen LogP contribution in [0.15, 0.2) is 42.5 Å². The first-order valence-corrected chi connectivity index (χ1v) is 6.30. The van der Waals surface area contributed by atoms with E-state index in [4.69, 9.17) is 9.47 Å². The quantitative estimate of drug-likeness (QED) is 0.688. The Hall–Kier alpha value is -2.93. The molecule has 0 aromatic heterocycles. The van der Waals surface area contributed by atoms with E-state index in [1.807, 2.05) is 0 Å². The number of benzene rings is 2. The van der Waals surface area contributed by atoms with Crippen molar-refractivity contribution >= 4 is 11.6 Å². The molecule has 0 radical (unpaired) electrons. The molecule has 0 aliphatic carbocycles. The van der Waals surface area contributed by atoms with Gasteiger partial charge in [-0.05, 0) is 41.5 Å². The van der Waals surface area contributed by atoms with E-state index in [2.05, 4.69) is 6.07 Å². The zero-order valence-electron chi connectivity index (χ0n) is 11.8. The van der Waals surface area contributed by atoms with Crippen LogP contribution in [-0.2, 0) is 0 Å². The highest BCUT2D eigenvalue weighted by molar-refractivity contribution is 5.90. The summed E-state index contributed by atoms with van der Waals surface area (Å²) in [6.07, 6.45) is 1.74. The highest BCUT2D eigenvalue weighted by Gasteiger charge is 2.07. The van der Waals surface area contributed by atoms with Gasteiger partial charge in [0.1, 0.15) is 17.2 Å². The molecule has 0 heterocycles. The van der Waals surface area contributed by atoms with Gasteiger partial charge in [0.15, 0.2) is 0 Å². The van der Waals surface area contributed by atoms with Crippen molar-refractivity contribution in [2.75, 3.05) is 14.2 Å². The smallest absolute Gasteiger partial charge is 0.123 e. The van der Waals surface area contributed by atoms with Crippen LogP contribution in [0, 0.1) is 11.3 Å². The van der Waals surface area contributed by atoms with Crippen molar-refractivity contribution in [3.8, 4) is 23.3 Å². The maximum absolute atomic E-state index is 9.37. The summed E-state index contributed by atoms with van der Waals surface area (Å²) in [5, 5.41) is 18.7. The summed E-state index contributed by atoms with van der Waals surface area (Å²) in [6.45, 7) is 0. The minimum Gasteiger partial charge on any atom is -0.508 e. The van der Waals surface area contributed by atoms with Gasteiger partial charge in [0.05, 0.1) is 25.9 Å². The van der Waals surface area contributed by atoms with Crippen LogP contribution in [-0.4, -0.2) is 19.3 Å². The van der Waals surface area contributed by atoms with Crippen molar-refractivity contribution in [1.82, 2.24) is 0 Å². The lowest BCUT2D eigenvalue weighted by Gasteiger charge is -2.08. The normalized spacial score (nSPS) is 10.8. The number of allylic oxidation sites excluding steroid dienone is 1. The van der Waals surface area contributed by atoms with Gasteiger partial charge in [0, 0.05) is 6.07 Å². The van der Waals surface area contributed by atoms with Crippen molar-refractivity contribution in [1.29, 1.82) is 5.26 Å². The third-order valence-corrected chi connectivity index (χ3v) is 2.99. The molecule has 0 atom stereocenters. The molecule has 2 aromatic rings. The van der Waals surface area contributed by atoms with Crippen LogP contribution in [0.25, 0.3) is 11.6 Å². The van der Waals surface area contributed by atoms with E-state index >= 15 is 0 Å². The third-order valence-electron chi connectivity index (χ3n) is 2.99. The summed E-state index contributed by atoms with van der Waals surface area (Å²) in [5.74, 6) is 1.43. The average Bonchev–Trinajstić information content (AvgIpc) is 2.53. The van der Waals surface area contributed by atoms with E-state index in [-0.39, 0.29) is 5.75 Å². The molecule has 0 bridgehead atoms. The molecule has 0 spiro atoms. The van der Waals surface area contributed by atoms with E-state index in [1.165, 1.54) is 0 Å². The number of rotatable bonds is 4. The fourth-order valence-corrected chi connectivity index (χ4v) is 1.88. The largest absolute Gasteiger partial charge is 0.508 e. The summed E-state index contributed by atoms with van der Waals surface area (Å²) in [4.78, 5) is 0. The number of nitrogens with zero attached hydrogens (tertiary/aromatic N) is 1. The zero-order chi connectivity index (χ0) is 15.2. The van der Waals surface area contributed by atoms with E-state index < -0.39 is 0 Å². The average molecular weight is 281 g/mol. The second-order valence-electron chi connectivity index (χ2n) is 4.36. The number of nitriles is 1. The zero-order valence-corrected chi connectivity index (χ0v) is 11.8. The molecule has 0 aliphatic rings. The number of hydrogen-bond donors (Lipinski definition) is 1. The molecule has 106 valence electrons. The molecular weight excluding hydrogens is 266 g/mol. The Morgan fingerprint density at radius 1 is 1.05 bits per heavy atom. The molecule has 21 heavy (non-hydrogen) atoms. The second-order valence-corrected chi connectivity index (χ2v) is 4.36. The van der Waals surface area contributed by atoms with Gasteiger partial charge in [-0.1, -0.05) is 12.1 Å². The van der Waals surface area contributed by atoms with E-state index in [0.29, 0.717) is 22.6 Å². The number of phenolic OH excluding ortho intramolecular Hbond substituents is 1. The van der Waals surface area contributed by atoms with Crippen LogP contribution in [0.5, 0.6) is 17.2 Å². The monoisotopic (exact) mass is 281 g/mol. The number of methoxy groups -OCH3 is 2. The number of phenols is 1. The highest BCUT2D eigenvalue weighted by atomic mass is 16.5. The van der Waals surface area contributed by atoms with Crippen molar-refractivity contribution in [2.24, 2.45) is 0 Å². The molecule has 0 fully saturated rings. The van der Waals surface area contributed by atoms with Crippen LogP contribution < -0.4 is 9.47 Å². The molecule has 2 aromatic carbocycles. The Balaban J connectivity index is 2.46. The van der Waals surface area contributed by atoms with Gasteiger partial charge in [0.25, 0.3) is 0 Å². The lowest BCUT2D eigenvalue weighted by Crippen LogP contribution is -1.90. The Morgan fingerprint density at radius 2 is 1.62 bits per heavy atom. The number of ether oxygens (including phenoxy) is 2. The topological polar surface area (TPSA) is 62.5 Å². The summed E-state index contributed by atoms with van der Waals surface area (Å²) in [6, 6.07) is 14.1. The van der Waals surface area contributed by atoms with Crippen LogP contribution in [0.3, 0.4) is 0 Å². The van der Waals surface area contributed by atoms with E-state index in [1.54, 1.807) is 62.8 Å². The van der Waals surface area contributed by atoms with Crippen molar-refractivity contribution in [3.05, 3.63) is 53.6 Å². The molecule has 4 heteroatoms. The van der Waals surface area contributed by atoms with Crippen molar-refractivity contribution in [2.45, 2.75) is 0 Å². The molecule has 2 rings (SSSR count). The summed E-state index contributed by atoms with van der Waals surface area (Å²) >= 11 is 0. The summed E-state index contributed by atoms with van der Waals surface area (Å²) in [7, 11) is 3.13. The van der Waals surface area contributed by atoms with Gasteiger partial charge in [-0.2, -0.15) is 5.26 Å². The second kappa shape index (κ2) is 6.49. The van der Waals surface area contributed by atoms with Gasteiger partial charge >= 0.3 is 0 Å². The lowest BCUT2D eigenvalue weighted by atomic mass is 10.0. The molecule has 0 unspecified atom stereocenters. The fraction of sp³-hybridized carbons (Fsp3) is 0.118. The summed E-state index contributed by atoms with van der Waals surface area (Å²) in [5.41, 5.74) is 2.02. The standard InChI is InChI=1S/C17H15NO3/c1-20-16-8-13(9-17(10-16)21-2)14(11-18)7-12-3-5-15(19)6-4-12/h3-10,19H,1-2H3. The molecule has 0 amide bonds. The fourth-order valence-electron chi connectivity index (χ4n) is 1.88. The Labute approximate surface area is 123 Å². The molecule has 4 nitrogen and oxygen atoms in total. The molecule has 0 saturated heterocycles. The van der Waals surface area contributed by atoms with Crippen LogP contribution in [0.4, 0.5) is 0 Å². The van der Waals surface area contributed by atoms with Crippen molar-refractivity contribution in [3.63, 3.8) is 0 Å². The minimum absolute atomic E-state index is 0.189. The molecular formula is C17H15NO3. The maximum Gasteiger partial charge on any atom is 0.123 e. The Kier molecular flexibility index (Phi) is 4.47.